The largest absolute Gasteiger partial charge is 0.494 e. The van der Waals surface area contributed by atoms with E-state index in [1.807, 2.05) is 55.3 Å². The molecule has 1 aromatic heterocycles. The van der Waals surface area contributed by atoms with Crippen LogP contribution in [0.3, 0.4) is 0 Å². The molecule has 7 heteroatoms. The van der Waals surface area contributed by atoms with Gasteiger partial charge in [0.1, 0.15) is 5.75 Å². The zero-order valence-electron chi connectivity index (χ0n) is 14.9. The first-order valence-corrected chi connectivity index (χ1v) is 9.56. The Morgan fingerprint density at radius 2 is 2.00 bits per heavy atom. The van der Waals surface area contributed by atoms with E-state index in [-0.39, 0.29) is 18.9 Å². The van der Waals surface area contributed by atoms with Crippen molar-refractivity contribution >= 4 is 34.5 Å². The molecular weight excluding hydrogens is 370 g/mol. The summed E-state index contributed by atoms with van der Waals surface area (Å²) in [5.74, 6) is 0.713. The summed E-state index contributed by atoms with van der Waals surface area (Å²) in [4.78, 5) is 17.5. The maximum atomic E-state index is 12.8. The molecule has 26 heavy (non-hydrogen) atoms. The van der Waals surface area contributed by atoms with Gasteiger partial charge in [-0.3, -0.25) is 9.69 Å². The monoisotopic (exact) mass is 391 g/mol. The van der Waals surface area contributed by atoms with Gasteiger partial charge in [0.15, 0.2) is 0 Å². The predicted molar refractivity (Wildman–Crippen MR) is 106 cm³/mol. The topological polar surface area (TPSA) is 56.6 Å². The Morgan fingerprint density at radius 3 is 2.58 bits per heavy atom. The van der Waals surface area contributed by atoms with Crippen molar-refractivity contribution in [3.63, 3.8) is 0 Å². The quantitative estimate of drug-likeness (QED) is 0.643. The van der Waals surface area contributed by atoms with Crippen LogP contribution in [0.5, 0.6) is 5.75 Å². The first kappa shape index (κ1) is 20.2. The van der Waals surface area contributed by atoms with Gasteiger partial charge >= 0.3 is 0 Å². The summed E-state index contributed by atoms with van der Waals surface area (Å²) in [5.41, 5.74) is 0.765. The number of halogens is 1. The summed E-state index contributed by atoms with van der Waals surface area (Å²) in [7, 11) is 1.90. The highest BCUT2D eigenvalue weighted by molar-refractivity contribution is 7.16. The maximum absolute atomic E-state index is 12.8. The minimum absolute atomic E-state index is 0.0467. The average molecular weight is 392 g/mol. The molecule has 0 aliphatic heterocycles. The Morgan fingerprint density at radius 1 is 1.27 bits per heavy atom. The summed E-state index contributed by atoms with van der Waals surface area (Å²) in [6, 6.07) is 13.3. The lowest BCUT2D eigenvalue weighted by molar-refractivity contribution is -0.119. The SMILES string of the molecule is CCOc1ccc(N(CCC#N)C(=O)CN(C)Cc2ccc(Cl)s2)cc1. The molecular formula is C19H22ClN3O2S. The van der Waals surface area contributed by atoms with Crippen LogP contribution in [-0.2, 0) is 11.3 Å². The normalized spacial score (nSPS) is 10.6. The minimum Gasteiger partial charge on any atom is -0.494 e. The van der Waals surface area contributed by atoms with Crippen LogP contribution in [0.2, 0.25) is 4.34 Å². The van der Waals surface area contributed by atoms with E-state index < -0.39 is 0 Å². The Kier molecular flexibility index (Phi) is 7.92. The summed E-state index contributed by atoms with van der Waals surface area (Å²) >= 11 is 7.47. The van der Waals surface area contributed by atoms with Gasteiger partial charge in [-0.25, -0.2) is 0 Å². The van der Waals surface area contributed by atoms with E-state index in [1.165, 1.54) is 11.3 Å². The van der Waals surface area contributed by atoms with E-state index in [1.54, 1.807) is 4.90 Å². The molecule has 0 saturated carbocycles. The van der Waals surface area contributed by atoms with Crippen LogP contribution < -0.4 is 9.64 Å². The van der Waals surface area contributed by atoms with Gasteiger partial charge in [0.2, 0.25) is 5.91 Å². The van der Waals surface area contributed by atoms with Crippen LogP contribution in [-0.4, -0.2) is 37.6 Å². The Hall–Kier alpha value is -2.07. The van der Waals surface area contributed by atoms with Crippen molar-refractivity contribution in [3.8, 4) is 11.8 Å². The molecule has 0 radical (unpaired) electrons. The van der Waals surface area contributed by atoms with Crippen molar-refractivity contribution in [2.45, 2.75) is 19.9 Å². The molecule has 0 N–H and O–H groups in total. The van der Waals surface area contributed by atoms with Crippen molar-refractivity contribution < 1.29 is 9.53 Å². The highest BCUT2D eigenvalue weighted by Crippen LogP contribution is 2.23. The Balaban J connectivity index is 2.04. The molecule has 138 valence electrons. The standard InChI is InChI=1S/C19H22ClN3O2S/c1-3-25-16-7-5-15(6-8-16)23(12-4-11-21)19(24)14-22(2)13-17-9-10-18(20)26-17/h5-10H,3-4,12-14H2,1-2H3. The number of hydrogen-bond donors (Lipinski definition) is 0. The number of carbonyl (C=O) groups excluding carboxylic acids is 1. The van der Waals surface area contributed by atoms with Crippen molar-refractivity contribution in [1.82, 2.24) is 4.90 Å². The van der Waals surface area contributed by atoms with Crippen molar-refractivity contribution in [1.29, 1.82) is 5.26 Å². The number of thiophene rings is 1. The van der Waals surface area contributed by atoms with Gasteiger partial charge in [-0.15, -0.1) is 11.3 Å². The number of nitrogens with zero attached hydrogens (tertiary/aromatic N) is 3. The van der Waals surface area contributed by atoms with Crippen molar-refractivity contribution in [2.75, 3.05) is 31.6 Å². The van der Waals surface area contributed by atoms with Crippen LogP contribution >= 0.6 is 22.9 Å². The van der Waals surface area contributed by atoms with E-state index >= 15 is 0 Å². The molecule has 2 rings (SSSR count). The van der Waals surface area contributed by atoms with E-state index in [0.29, 0.717) is 19.7 Å². The number of ether oxygens (including phenoxy) is 1. The number of carbonyl (C=O) groups is 1. The molecule has 1 heterocycles. The molecule has 0 atom stereocenters. The van der Waals surface area contributed by atoms with Gasteiger partial charge in [0, 0.05) is 23.7 Å². The molecule has 0 unspecified atom stereocenters. The molecule has 2 aromatic rings. The van der Waals surface area contributed by atoms with E-state index in [0.717, 1.165) is 20.7 Å². The van der Waals surface area contributed by atoms with Crippen LogP contribution in [0.15, 0.2) is 36.4 Å². The number of rotatable bonds is 9. The number of benzene rings is 1. The van der Waals surface area contributed by atoms with E-state index in [9.17, 15) is 4.79 Å². The summed E-state index contributed by atoms with van der Waals surface area (Å²) in [6.07, 6.45) is 0.281. The van der Waals surface area contributed by atoms with Crippen molar-refractivity contribution in [3.05, 3.63) is 45.6 Å². The number of hydrogen-bond acceptors (Lipinski definition) is 5. The summed E-state index contributed by atoms with van der Waals surface area (Å²) in [6.45, 7) is 3.79. The molecule has 0 bridgehead atoms. The van der Waals surface area contributed by atoms with E-state index in [2.05, 4.69) is 6.07 Å². The lowest BCUT2D eigenvalue weighted by Gasteiger charge is -2.25. The highest BCUT2D eigenvalue weighted by atomic mass is 35.5. The molecule has 0 spiro atoms. The third-order valence-corrected chi connectivity index (χ3v) is 4.88. The average Bonchev–Trinajstić information content (AvgIpc) is 3.01. The maximum Gasteiger partial charge on any atom is 0.241 e. The molecule has 0 aliphatic rings. The van der Waals surface area contributed by atoms with Gasteiger partial charge in [0.25, 0.3) is 0 Å². The van der Waals surface area contributed by atoms with E-state index in [4.69, 9.17) is 21.6 Å². The lowest BCUT2D eigenvalue weighted by atomic mass is 10.2. The van der Waals surface area contributed by atoms with Gasteiger partial charge in [-0.05, 0) is 50.4 Å². The predicted octanol–water partition coefficient (Wildman–Crippen LogP) is 4.18. The third kappa shape index (κ3) is 6.03. The zero-order chi connectivity index (χ0) is 18.9. The Labute approximate surface area is 163 Å². The zero-order valence-corrected chi connectivity index (χ0v) is 16.5. The molecule has 1 amide bonds. The second-order valence-corrected chi connectivity index (χ2v) is 7.56. The number of amides is 1. The van der Waals surface area contributed by atoms with Gasteiger partial charge < -0.3 is 9.64 Å². The molecule has 0 saturated heterocycles. The molecule has 1 aromatic carbocycles. The molecule has 0 aliphatic carbocycles. The van der Waals surface area contributed by atoms with Gasteiger partial charge in [-0.1, -0.05) is 11.6 Å². The fraction of sp³-hybridized carbons (Fsp3) is 0.368. The van der Waals surface area contributed by atoms with Crippen molar-refractivity contribution in [2.24, 2.45) is 0 Å². The van der Waals surface area contributed by atoms with Crippen LogP contribution in [0.1, 0.15) is 18.2 Å². The highest BCUT2D eigenvalue weighted by Gasteiger charge is 2.18. The third-order valence-electron chi connectivity index (χ3n) is 3.67. The second kappa shape index (κ2) is 10.2. The van der Waals surface area contributed by atoms with Gasteiger partial charge in [-0.2, -0.15) is 5.26 Å². The molecule has 5 nitrogen and oxygen atoms in total. The number of likely N-dealkylation sites (N-methyl/N-ethyl adjacent to an activating group) is 1. The van der Waals surface area contributed by atoms with Gasteiger partial charge in [0.05, 0.1) is 30.0 Å². The first-order valence-electron chi connectivity index (χ1n) is 8.36. The van der Waals surface area contributed by atoms with Crippen LogP contribution in [0.4, 0.5) is 5.69 Å². The number of nitriles is 1. The second-order valence-electron chi connectivity index (χ2n) is 5.76. The lowest BCUT2D eigenvalue weighted by Crippen LogP contribution is -2.39. The van der Waals surface area contributed by atoms with Crippen LogP contribution in [0, 0.1) is 11.3 Å². The summed E-state index contributed by atoms with van der Waals surface area (Å²) < 4.78 is 6.18. The fourth-order valence-corrected chi connectivity index (χ4v) is 3.69. The Bertz CT molecular complexity index is 755. The fourth-order valence-electron chi connectivity index (χ4n) is 2.52. The summed E-state index contributed by atoms with van der Waals surface area (Å²) in [5, 5.41) is 8.91. The first-order chi connectivity index (χ1) is 12.5. The molecule has 0 fully saturated rings. The smallest absolute Gasteiger partial charge is 0.241 e. The number of anilines is 1. The minimum atomic E-state index is -0.0467. The van der Waals surface area contributed by atoms with Crippen LogP contribution in [0.25, 0.3) is 0 Å².